The molecule has 0 bridgehead atoms. The third-order valence-corrected chi connectivity index (χ3v) is 4.45. The summed E-state index contributed by atoms with van der Waals surface area (Å²) in [6.45, 7) is 2.97. The number of hydrogen-bond acceptors (Lipinski definition) is 6. The number of amides is 1. The van der Waals surface area contributed by atoms with Crippen LogP contribution >= 0.6 is 11.3 Å². The van der Waals surface area contributed by atoms with Crippen molar-refractivity contribution >= 4 is 23.2 Å². The number of nitrogens with one attached hydrogen (secondary N) is 1. The number of ether oxygens (including phenoxy) is 1. The SMILES string of the molecule is COCC(C)(NC(=O)c1sc(-c2cnn(C)c2)nc1C)C(=O)O. The van der Waals surface area contributed by atoms with Gasteiger partial charge in [-0.05, 0) is 13.8 Å². The zero-order valence-electron chi connectivity index (χ0n) is 13.3. The Morgan fingerprint density at radius 3 is 2.74 bits per heavy atom. The number of nitrogens with zero attached hydrogens (tertiary/aromatic N) is 3. The maximum absolute atomic E-state index is 12.4. The highest BCUT2D eigenvalue weighted by Gasteiger charge is 2.36. The topological polar surface area (TPSA) is 106 Å². The average molecular weight is 338 g/mol. The molecule has 0 radical (unpaired) electrons. The Kier molecular flexibility index (Phi) is 4.81. The fraction of sp³-hybridized carbons (Fsp3) is 0.429. The molecule has 1 unspecified atom stereocenters. The van der Waals surface area contributed by atoms with Crippen LogP contribution < -0.4 is 5.32 Å². The standard InChI is InChI=1S/C14H18N4O4S/c1-8-10(11(19)17-14(2,7-22-4)13(20)21)23-12(16-8)9-5-15-18(3)6-9/h5-6H,7H2,1-4H3,(H,17,19)(H,20,21). The number of carbonyl (C=O) groups excluding carboxylic acids is 1. The van der Waals surface area contributed by atoms with E-state index in [2.05, 4.69) is 15.4 Å². The molecule has 124 valence electrons. The molecule has 0 saturated carbocycles. The fourth-order valence-corrected chi connectivity index (χ4v) is 2.95. The summed E-state index contributed by atoms with van der Waals surface area (Å²) in [6, 6.07) is 0. The van der Waals surface area contributed by atoms with E-state index in [1.807, 2.05) is 0 Å². The second kappa shape index (κ2) is 6.47. The Labute approximate surface area is 137 Å². The van der Waals surface area contributed by atoms with Crippen LogP contribution in [0, 0.1) is 6.92 Å². The number of rotatable bonds is 6. The Bertz CT molecular complexity index is 739. The summed E-state index contributed by atoms with van der Waals surface area (Å²) < 4.78 is 6.54. The van der Waals surface area contributed by atoms with Crippen LogP contribution in [-0.4, -0.2) is 51.0 Å². The molecular formula is C14H18N4O4S. The fourth-order valence-electron chi connectivity index (χ4n) is 2.01. The summed E-state index contributed by atoms with van der Waals surface area (Å²) >= 11 is 1.19. The third kappa shape index (κ3) is 3.57. The van der Waals surface area contributed by atoms with Gasteiger partial charge in [-0.15, -0.1) is 11.3 Å². The molecule has 0 aliphatic heterocycles. The van der Waals surface area contributed by atoms with Crippen molar-refractivity contribution in [1.82, 2.24) is 20.1 Å². The van der Waals surface area contributed by atoms with E-state index in [1.54, 1.807) is 31.0 Å². The van der Waals surface area contributed by atoms with E-state index in [4.69, 9.17) is 4.74 Å². The van der Waals surface area contributed by atoms with Gasteiger partial charge >= 0.3 is 5.97 Å². The van der Waals surface area contributed by atoms with Crippen LogP contribution in [0.1, 0.15) is 22.3 Å². The first-order chi connectivity index (χ1) is 10.8. The lowest BCUT2D eigenvalue weighted by Gasteiger charge is -2.24. The van der Waals surface area contributed by atoms with Gasteiger partial charge in [0.15, 0.2) is 5.54 Å². The van der Waals surface area contributed by atoms with Crippen LogP contribution in [0.15, 0.2) is 12.4 Å². The molecule has 2 heterocycles. The Hall–Kier alpha value is -2.26. The number of carbonyl (C=O) groups is 2. The van der Waals surface area contributed by atoms with Gasteiger partial charge in [0.2, 0.25) is 0 Å². The molecule has 8 nitrogen and oxygen atoms in total. The summed E-state index contributed by atoms with van der Waals surface area (Å²) in [5.74, 6) is -1.65. The van der Waals surface area contributed by atoms with Crippen molar-refractivity contribution in [3.63, 3.8) is 0 Å². The number of hydrogen-bond donors (Lipinski definition) is 2. The average Bonchev–Trinajstić information content (AvgIpc) is 3.04. The van der Waals surface area contributed by atoms with Gasteiger partial charge in [0, 0.05) is 25.9 Å². The summed E-state index contributed by atoms with van der Waals surface area (Å²) in [5.41, 5.74) is -0.162. The maximum Gasteiger partial charge on any atom is 0.331 e. The van der Waals surface area contributed by atoms with Crippen molar-refractivity contribution in [2.45, 2.75) is 19.4 Å². The minimum atomic E-state index is -1.50. The zero-order valence-corrected chi connectivity index (χ0v) is 14.1. The van der Waals surface area contributed by atoms with Crippen LogP contribution in [0.3, 0.4) is 0 Å². The summed E-state index contributed by atoms with van der Waals surface area (Å²) in [6.07, 6.45) is 3.46. The lowest BCUT2D eigenvalue weighted by Crippen LogP contribution is -2.55. The van der Waals surface area contributed by atoms with Crippen molar-refractivity contribution in [3.8, 4) is 10.6 Å². The van der Waals surface area contributed by atoms with Crippen molar-refractivity contribution in [2.75, 3.05) is 13.7 Å². The molecule has 2 aromatic heterocycles. The highest BCUT2D eigenvalue weighted by molar-refractivity contribution is 7.17. The number of aliphatic carboxylic acids is 1. The molecule has 2 rings (SSSR count). The molecule has 1 amide bonds. The van der Waals surface area contributed by atoms with Crippen molar-refractivity contribution in [1.29, 1.82) is 0 Å². The Morgan fingerprint density at radius 2 is 2.22 bits per heavy atom. The molecular weight excluding hydrogens is 320 g/mol. The van der Waals surface area contributed by atoms with Crippen molar-refractivity contribution < 1.29 is 19.4 Å². The predicted octanol–water partition coefficient (Wildman–Crippen LogP) is 1.07. The number of methoxy groups -OCH3 is 1. The molecule has 9 heteroatoms. The van der Waals surface area contributed by atoms with E-state index in [0.29, 0.717) is 15.6 Å². The monoisotopic (exact) mass is 338 g/mol. The van der Waals surface area contributed by atoms with E-state index in [1.165, 1.54) is 25.4 Å². The van der Waals surface area contributed by atoms with Crippen LogP contribution in [-0.2, 0) is 16.6 Å². The van der Waals surface area contributed by atoms with Gasteiger partial charge < -0.3 is 15.2 Å². The van der Waals surface area contributed by atoms with Crippen molar-refractivity contribution in [2.24, 2.45) is 7.05 Å². The first-order valence-electron chi connectivity index (χ1n) is 6.78. The van der Waals surface area contributed by atoms with E-state index >= 15 is 0 Å². The smallest absolute Gasteiger partial charge is 0.331 e. The number of aryl methyl sites for hydroxylation is 2. The van der Waals surface area contributed by atoms with Gasteiger partial charge in [-0.2, -0.15) is 5.10 Å². The number of carboxylic acid groups (broad SMARTS) is 1. The maximum atomic E-state index is 12.4. The van der Waals surface area contributed by atoms with Crippen LogP contribution in [0.2, 0.25) is 0 Å². The third-order valence-electron chi connectivity index (χ3n) is 3.25. The first kappa shape index (κ1) is 17.1. The van der Waals surface area contributed by atoms with E-state index < -0.39 is 17.4 Å². The summed E-state index contributed by atoms with van der Waals surface area (Å²) in [5, 5.41) is 16.5. The van der Waals surface area contributed by atoms with Crippen molar-refractivity contribution in [3.05, 3.63) is 23.0 Å². The van der Waals surface area contributed by atoms with Gasteiger partial charge in [0.1, 0.15) is 9.88 Å². The summed E-state index contributed by atoms with van der Waals surface area (Å²) in [7, 11) is 3.17. The molecule has 2 N–H and O–H groups in total. The number of carboxylic acids is 1. The van der Waals surface area contributed by atoms with Gasteiger partial charge in [-0.25, -0.2) is 9.78 Å². The van der Waals surface area contributed by atoms with E-state index in [0.717, 1.165) is 5.56 Å². The minimum absolute atomic E-state index is 0.138. The second-order valence-corrected chi connectivity index (χ2v) is 6.36. The van der Waals surface area contributed by atoms with E-state index in [-0.39, 0.29) is 6.61 Å². The van der Waals surface area contributed by atoms with Crippen LogP contribution in [0.5, 0.6) is 0 Å². The first-order valence-corrected chi connectivity index (χ1v) is 7.60. The Morgan fingerprint density at radius 1 is 1.52 bits per heavy atom. The predicted molar refractivity (Wildman–Crippen MR) is 84.4 cm³/mol. The molecule has 0 saturated heterocycles. The summed E-state index contributed by atoms with van der Waals surface area (Å²) in [4.78, 5) is 28.5. The molecule has 0 aromatic carbocycles. The lowest BCUT2D eigenvalue weighted by atomic mass is 10.0. The number of thiazole rings is 1. The van der Waals surface area contributed by atoms with Gasteiger partial charge in [-0.3, -0.25) is 9.48 Å². The zero-order chi connectivity index (χ0) is 17.2. The molecule has 1 atom stereocenters. The molecule has 0 aliphatic carbocycles. The normalized spacial score (nSPS) is 13.6. The van der Waals surface area contributed by atoms with Crippen LogP contribution in [0.4, 0.5) is 0 Å². The number of aromatic nitrogens is 3. The molecule has 0 fully saturated rings. The molecule has 23 heavy (non-hydrogen) atoms. The molecule has 2 aromatic rings. The molecule has 0 spiro atoms. The lowest BCUT2D eigenvalue weighted by molar-refractivity contribution is -0.145. The highest BCUT2D eigenvalue weighted by Crippen LogP contribution is 2.27. The molecule has 0 aliphatic rings. The highest BCUT2D eigenvalue weighted by atomic mass is 32.1. The van der Waals surface area contributed by atoms with E-state index in [9.17, 15) is 14.7 Å². The Balaban J connectivity index is 2.26. The second-order valence-electron chi connectivity index (χ2n) is 5.36. The minimum Gasteiger partial charge on any atom is -0.479 e. The van der Waals surface area contributed by atoms with Crippen LogP contribution in [0.25, 0.3) is 10.6 Å². The largest absolute Gasteiger partial charge is 0.479 e. The van der Waals surface area contributed by atoms with Gasteiger partial charge in [0.05, 0.1) is 18.5 Å². The van der Waals surface area contributed by atoms with Gasteiger partial charge in [-0.1, -0.05) is 0 Å². The van der Waals surface area contributed by atoms with Gasteiger partial charge in [0.25, 0.3) is 5.91 Å². The quantitative estimate of drug-likeness (QED) is 0.816.